The van der Waals surface area contributed by atoms with Crippen LogP contribution >= 0.6 is 0 Å². The lowest BCUT2D eigenvalue weighted by Gasteiger charge is -2.41. The van der Waals surface area contributed by atoms with Crippen LogP contribution in [-0.2, 0) is 9.22 Å². The van der Waals surface area contributed by atoms with Crippen LogP contribution in [0.5, 0.6) is 0 Å². The third kappa shape index (κ3) is 6.79. The number of nitrogens with one attached hydrogen (secondary N) is 1. The summed E-state index contributed by atoms with van der Waals surface area (Å²) in [5.74, 6) is 0.699. The van der Waals surface area contributed by atoms with Crippen molar-refractivity contribution in [1.29, 1.82) is 0 Å². The van der Waals surface area contributed by atoms with E-state index in [1.165, 1.54) is 5.56 Å². The number of hydrogen-bond acceptors (Lipinski definition) is 5. The summed E-state index contributed by atoms with van der Waals surface area (Å²) >= 11 is 0. The Bertz CT molecular complexity index is 1100. The Kier molecular flexibility index (Phi) is 8.62. The summed E-state index contributed by atoms with van der Waals surface area (Å²) in [7, 11) is -1.84. The molecule has 2 fully saturated rings. The molecule has 0 saturated heterocycles. The molecule has 2 aromatic heterocycles. The lowest BCUT2D eigenvalue weighted by Crippen LogP contribution is -2.44. The lowest BCUT2D eigenvalue weighted by molar-refractivity contribution is -0.131. The average Bonchev–Trinajstić information content (AvgIpc) is 3.22. The van der Waals surface area contributed by atoms with E-state index < -0.39 is 20.9 Å². The number of alkyl halides is 3. The van der Waals surface area contributed by atoms with E-state index >= 15 is 0 Å². The van der Waals surface area contributed by atoms with E-state index in [0.717, 1.165) is 68.7 Å². The van der Waals surface area contributed by atoms with E-state index in [2.05, 4.69) is 54.9 Å². The minimum absolute atomic E-state index is 0.136. The molecule has 0 atom stereocenters. The molecule has 2 aliphatic rings. The molecule has 0 aromatic carbocycles. The predicted molar refractivity (Wildman–Crippen MR) is 147 cm³/mol. The second-order valence-electron chi connectivity index (χ2n) is 12.8. The molecule has 1 N–H and O–H groups in total. The van der Waals surface area contributed by atoms with Crippen molar-refractivity contribution < 1.29 is 22.4 Å². The number of aldehydes is 1. The Morgan fingerprint density at radius 1 is 1.08 bits per heavy atom. The molecule has 0 spiro atoms. The maximum absolute atomic E-state index is 12.7. The van der Waals surface area contributed by atoms with Gasteiger partial charge in [0.1, 0.15) is 11.9 Å². The first kappa shape index (κ1) is 29.0. The first-order valence-corrected chi connectivity index (χ1v) is 17.0. The van der Waals surface area contributed by atoms with E-state index in [9.17, 15) is 18.0 Å². The SMILES string of the molecule is CC(C)(C)[Si](C)(C)OC1CCC(n2cc([C@H]3CC[C@@H](C=O)CC3)c3cnc(NCCC(F)(F)F)nc32)CC1. The first-order valence-electron chi connectivity index (χ1n) is 14.1. The molecule has 0 aliphatic heterocycles. The Morgan fingerprint density at radius 2 is 1.74 bits per heavy atom. The van der Waals surface area contributed by atoms with Crippen LogP contribution in [0.2, 0.25) is 18.1 Å². The van der Waals surface area contributed by atoms with Gasteiger partial charge in [-0.05, 0) is 81.0 Å². The number of fused-ring (bicyclic) bond motifs is 1. The normalized spacial score (nSPS) is 25.5. The van der Waals surface area contributed by atoms with Crippen molar-refractivity contribution in [2.75, 3.05) is 11.9 Å². The Labute approximate surface area is 225 Å². The fourth-order valence-corrected chi connectivity index (χ4v) is 7.08. The molecular weight excluding hydrogens is 509 g/mol. The Balaban J connectivity index is 1.55. The van der Waals surface area contributed by atoms with Crippen molar-refractivity contribution in [2.45, 2.75) is 121 Å². The van der Waals surface area contributed by atoms with E-state index in [1.54, 1.807) is 6.20 Å². The van der Waals surface area contributed by atoms with Gasteiger partial charge in [-0.2, -0.15) is 18.2 Å². The molecule has 0 unspecified atom stereocenters. The van der Waals surface area contributed by atoms with Gasteiger partial charge in [0.05, 0.1) is 6.42 Å². The van der Waals surface area contributed by atoms with Gasteiger partial charge in [-0.15, -0.1) is 0 Å². The summed E-state index contributed by atoms with van der Waals surface area (Å²) in [5, 5.41) is 3.91. The predicted octanol–water partition coefficient (Wildman–Crippen LogP) is 7.77. The van der Waals surface area contributed by atoms with Gasteiger partial charge in [-0.25, -0.2) is 4.98 Å². The summed E-state index contributed by atoms with van der Waals surface area (Å²) in [5.41, 5.74) is 1.99. The zero-order valence-corrected chi connectivity index (χ0v) is 24.4. The smallest absolute Gasteiger partial charge is 0.390 e. The van der Waals surface area contributed by atoms with Crippen molar-refractivity contribution in [3.8, 4) is 0 Å². The number of halogens is 3. The molecule has 6 nitrogen and oxygen atoms in total. The molecule has 2 aliphatic carbocycles. The maximum atomic E-state index is 12.7. The monoisotopic (exact) mass is 552 g/mol. The highest BCUT2D eigenvalue weighted by Crippen LogP contribution is 2.43. The van der Waals surface area contributed by atoms with Gasteiger partial charge in [0.25, 0.3) is 0 Å². The second kappa shape index (κ2) is 11.3. The van der Waals surface area contributed by atoms with Gasteiger partial charge in [-0.1, -0.05) is 20.8 Å². The highest BCUT2D eigenvalue weighted by molar-refractivity contribution is 6.74. The van der Waals surface area contributed by atoms with Crippen LogP contribution in [0.25, 0.3) is 11.0 Å². The minimum atomic E-state index is -4.23. The summed E-state index contributed by atoms with van der Waals surface area (Å²) in [6.45, 7) is 11.1. The van der Waals surface area contributed by atoms with Crippen LogP contribution in [0.1, 0.15) is 96.1 Å². The molecule has 0 radical (unpaired) electrons. The molecule has 2 saturated carbocycles. The van der Waals surface area contributed by atoms with Crippen LogP contribution in [0.3, 0.4) is 0 Å². The number of carbonyl (C=O) groups excluding carboxylic acids is 1. The van der Waals surface area contributed by atoms with Crippen molar-refractivity contribution in [3.05, 3.63) is 18.0 Å². The molecular formula is C28H43F3N4O2Si. The van der Waals surface area contributed by atoms with Gasteiger partial charge < -0.3 is 19.1 Å². The van der Waals surface area contributed by atoms with Gasteiger partial charge in [0, 0.05) is 42.4 Å². The highest BCUT2D eigenvalue weighted by atomic mass is 28.4. The largest absolute Gasteiger partial charge is 0.414 e. The Hall–Kier alpha value is -1.94. The van der Waals surface area contributed by atoms with E-state index in [-0.39, 0.29) is 35.6 Å². The third-order valence-corrected chi connectivity index (χ3v) is 13.5. The fourth-order valence-electron chi connectivity index (χ4n) is 5.66. The lowest BCUT2D eigenvalue weighted by atomic mass is 9.79. The minimum Gasteiger partial charge on any atom is -0.414 e. The summed E-state index contributed by atoms with van der Waals surface area (Å²) in [4.78, 5) is 20.4. The van der Waals surface area contributed by atoms with Gasteiger partial charge in [0.2, 0.25) is 5.95 Å². The maximum Gasteiger partial charge on any atom is 0.390 e. The third-order valence-electron chi connectivity index (χ3n) is 9.00. The molecule has 0 bridgehead atoms. The zero-order chi connectivity index (χ0) is 27.7. The molecule has 2 aromatic rings. The number of carbonyl (C=O) groups is 1. The number of nitrogens with zero attached hydrogens (tertiary/aromatic N) is 3. The second-order valence-corrected chi connectivity index (χ2v) is 17.5. The van der Waals surface area contributed by atoms with E-state index in [4.69, 9.17) is 9.41 Å². The van der Waals surface area contributed by atoms with Crippen LogP contribution in [0.15, 0.2) is 12.4 Å². The number of anilines is 1. The average molecular weight is 553 g/mol. The van der Waals surface area contributed by atoms with Crippen molar-refractivity contribution in [3.63, 3.8) is 0 Å². The molecule has 2 heterocycles. The van der Waals surface area contributed by atoms with Gasteiger partial charge in [-0.3, -0.25) is 0 Å². The Morgan fingerprint density at radius 3 is 2.32 bits per heavy atom. The highest BCUT2D eigenvalue weighted by Gasteiger charge is 2.40. The molecule has 4 rings (SSSR count). The van der Waals surface area contributed by atoms with E-state index in [0.29, 0.717) is 5.92 Å². The molecule has 10 heteroatoms. The van der Waals surface area contributed by atoms with Gasteiger partial charge in [0.15, 0.2) is 8.32 Å². The first-order chi connectivity index (χ1) is 17.8. The zero-order valence-electron chi connectivity index (χ0n) is 23.4. The molecule has 38 heavy (non-hydrogen) atoms. The topological polar surface area (TPSA) is 69.0 Å². The van der Waals surface area contributed by atoms with E-state index in [1.807, 2.05) is 0 Å². The van der Waals surface area contributed by atoms with Gasteiger partial charge >= 0.3 is 6.18 Å². The van der Waals surface area contributed by atoms with Crippen molar-refractivity contribution >= 4 is 31.6 Å². The van der Waals surface area contributed by atoms with Crippen LogP contribution in [0, 0.1) is 5.92 Å². The van der Waals surface area contributed by atoms with Crippen LogP contribution < -0.4 is 5.32 Å². The summed E-state index contributed by atoms with van der Waals surface area (Å²) in [6, 6.07) is 0.259. The van der Waals surface area contributed by atoms with Crippen LogP contribution in [-0.4, -0.2) is 48.0 Å². The van der Waals surface area contributed by atoms with Crippen molar-refractivity contribution in [2.24, 2.45) is 5.92 Å². The summed E-state index contributed by atoms with van der Waals surface area (Å²) in [6.07, 6.45) is 7.74. The standard InChI is InChI=1S/C28H43F3N4O2Si/c1-27(2,3)38(4,5)37-22-12-10-21(11-13-22)35-17-24(20-8-6-19(18-36)7-9-20)23-16-33-26(34-25(23)35)32-15-14-28(29,30)31/h16-22H,6-15H2,1-5H3,(H,32,33,34)/t19-,20+,21?,22?. The number of hydrogen-bond donors (Lipinski definition) is 1. The van der Waals surface area contributed by atoms with Crippen LogP contribution in [0.4, 0.5) is 19.1 Å². The summed E-state index contributed by atoms with van der Waals surface area (Å²) < 4.78 is 46.9. The molecule has 212 valence electrons. The number of aromatic nitrogens is 3. The fraction of sp³-hybridized carbons (Fsp3) is 0.750. The molecule has 0 amide bonds. The van der Waals surface area contributed by atoms with Crippen molar-refractivity contribution in [1.82, 2.24) is 14.5 Å². The number of rotatable bonds is 8. The quantitative estimate of drug-likeness (QED) is 0.268.